The number of benzene rings is 2. The number of nitrogens with one attached hydrogen (secondary N) is 2. The Morgan fingerprint density at radius 1 is 1.13 bits per heavy atom. The third-order valence-corrected chi connectivity index (χ3v) is 3.15. The van der Waals surface area contributed by atoms with Crippen molar-refractivity contribution in [1.29, 1.82) is 0 Å². The quantitative estimate of drug-likeness (QED) is 0.883. The second-order valence-electron chi connectivity index (χ2n) is 4.71. The molecule has 0 fully saturated rings. The van der Waals surface area contributed by atoms with Gasteiger partial charge in [-0.25, -0.2) is 18.0 Å². The fourth-order valence-corrected chi connectivity index (χ4v) is 2.00. The number of carbonyl (C=O) groups is 1. The molecule has 0 bridgehead atoms. The third kappa shape index (κ3) is 4.46. The zero-order valence-corrected chi connectivity index (χ0v) is 12.3. The van der Waals surface area contributed by atoms with Crippen LogP contribution in [0.3, 0.4) is 0 Å². The number of anilines is 1. The molecule has 2 rings (SSSR count). The Labute approximate surface area is 131 Å². The highest BCUT2D eigenvalue weighted by atomic mass is 19.1. The summed E-state index contributed by atoms with van der Waals surface area (Å²) in [4.78, 5) is 11.8. The molecule has 122 valence electrons. The lowest BCUT2D eigenvalue weighted by atomic mass is 10.1. The van der Waals surface area contributed by atoms with Crippen molar-refractivity contribution in [2.45, 2.75) is 6.10 Å². The number of ether oxygens (including phenoxy) is 1. The molecular weight excluding hydrogens is 309 g/mol. The van der Waals surface area contributed by atoms with Crippen LogP contribution in [0, 0.1) is 17.5 Å². The molecule has 7 heteroatoms. The summed E-state index contributed by atoms with van der Waals surface area (Å²) in [5.41, 5.74) is -0.00500. The largest absolute Gasteiger partial charge is 0.375 e. The van der Waals surface area contributed by atoms with Crippen molar-refractivity contribution in [3.05, 3.63) is 65.5 Å². The van der Waals surface area contributed by atoms with Crippen molar-refractivity contribution in [2.24, 2.45) is 0 Å². The smallest absolute Gasteiger partial charge is 0.319 e. The zero-order chi connectivity index (χ0) is 16.8. The maximum absolute atomic E-state index is 13.4. The van der Waals surface area contributed by atoms with Crippen molar-refractivity contribution in [2.75, 3.05) is 19.0 Å². The minimum atomic E-state index is -0.881. The van der Waals surface area contributed by atoms with Gasteiger partial charge in [0.15, 0.2) is 0 Å². The van der Waals surface area contributed by atoms with E-state index in [2.05, 4.69) is 10.6 Å². The number of carbonyl (C=O) groups excluding carboxylic acids is 1. The van der Waals surface area contributed by atoms with Gasteiger partial charge in [0, 0.05) is 13.7 Å². The first-order valence-corrected chi connectivity index (χ1v) is 6.78. The third-order valence-electron chi connectivity index (χ3n) is 3.15. The Balaban J connectivity index is 1.98. The normalized spacial score (nSPS) is 11.8. The van der Waals surface area contributed by atoms with Gasteiger partial charge in [0.25, 0.3) is 0 Å². The number of urea groups is 1. The lowest BCUT2D eigenvalue weighted by Gasteiger charge is -2.17. The molecule has 0 aromatic heterocycles. The average Bonchev–Trinajstić information content (AvgIpc) is 2.52. The van der Waals surface area contributed by atoms with E-state index in [0.717, 1.165) is 12.1 Å². The van der Waals surface area contributed by atoms with Crippen LogP contribution in [0.1, 0.15) is 11.7 Å². The number of hydrogen-bond donors (Lipinski definition) is 2. The summed E-state index contributed by atoms with van der Waals surface area (Å²) in [7, 11) is 1.41. The molecule has 4 nitrogen and oxygen atoms in total. The van der Waals surface area contributed by atoms with Crippen LogP contribution in [0.15, 0.2) is 42.5 Å². The van der Waals surface area contributed by atoms with Crippen LogP contribution >= 0.6 is 0 Å². The topological polar surface area (TPSA) is 50.4 Å². The fraction of sp³-hybridized carbons (Fsp3) is 0.188. The van der Waals surface area contributed by atoms with Gasteiger partial charge in [-0.3, -0.25) is 0 Å². The molecule has 2 N–H and O–H groups in total. The standard InChI is InChI=1S/C16H15F3N2O2/c1-23-14(10-4-2-5-11(17)8-10)9-20-16(22)21-15-12(18)6-3-7-13(15)19/h2-8,14H,9H2,1H3,(H2,20,21,22)/t14-/m0/s1. The van der Waals surface area contributed by atoms with Gasteiger partial charge in [-0.2, -0.15) is 0 Å². The van der Waals surface area contributed by atoms with E-state index < -0.39 is 35.3 Å². The fourth-order valence-electron chi connectivity index (χ4n) is 2.00. The first-order valence-electron chi connectivity index (χ1n) is 6.78. The Morgan fingerprint density at radius 2 is 1.78 bits per heavy atom. The number of para-hydroxylation sites is 1. The van der Waals surface area contributed by atoms with E-state index in [9.17, 15) is 18.0 Å². The first kappa shape index (κ1) is 16.8. The Bertz CT molecular complexity index is 675. The van der Waals surface area contributed by atoms with Gasteiger partial charge in [0.1, 0.15) is 23.1 Å². The highest BCUT2D eigenvalue weighted by molar-refractivity contribution is 5.89. The molecule has 0 aliphatic heterocycles. The molecule has 1 atom stereocenters. The molecule has 0 heterocycles. The summed E-state index contributed by atoms with van der Waals surface area (Å²) < 4.78 is 45.3. The van der Waals surface area contributed by atoms with E-state index in [4.69, 9.17) is 4.74 Å². The molecule has 0 saturated carbocycles. The lowest BCUT2D eigenvalue weighted by molar-refractivity contribution is 0.104. The van der Waals surface area contributed by atoms with Crippen LogP contribution in [0.25, 0.3) is 0 Å². The van der Waals surface area contributed by atoms with E-state index in [1.165, 1.54) is 31.4 Å². The minimum absolute atomic E-state index is 0.00184. The summed E-state index contributed by atoms with van der Waals surface area (Å²) in [5, 5.41) is 4.51. The van der Waals surface area contributed by atoms with Crippen molar-refractivity contribution < 1.29 is 22.7 Å². The van der Waals surface area contributed by atoms with Crippen LogP contribution in [0.2, 0.25) is 0 Å². The Hall–Kier alpha value is -2.54. The number of hydrogen-bond acceptors (Lipinski definition) is 2. The van der Waals surface area contributed by atoms with Crippen LogP contribution in [-0.4, -0.2) is 19.7 Å². The summed E-state index contributed by atoms with van der Waals surface area (Å²) in [6.07, 6.45) is -0.595. The summed E-state index contributed by atoms with van der Waals surface area (Å²) in [6, 6.07) is 8.19. The zero-order valence-electron chi connectivity index (χ0n) is 12.3. The molecule has 0 spiro atoms. The molecule has 23 heavy (non-hydrogen) atoms. The predicted molar refractivity (Wildman–Crippen MR) is 79.5 cm³/mol. The molecule has 0 unspecified atom stereocenters. The number of halogens is 3. The van der Waals surface area contributed by atoms with E-state index in [-0.39, 0.29) is 6.54 Å². The summed E-state index contributed by atoms with van der Waals surface area (Å²) >= 11 is 0. The Morgan fingerprint density at radius 3 is 2.39 bits per heavy atom. The molecule has 0 radical (unpaired) electrons. The average molecular weight is 324 g/mol. The minimum Gasteiger partial charge on any atom is -0.375 e. The lowest BCUT2D eigenvalue weighted by Crippen LogP contribution is -2.33. The second kappa shape index (κ2) is 7.64. The summed E-state index contributed by atoms with van der Waals surface area (Å²) in [5.74, 6) is -2.19. The van der Waals surface area contributed by atoms with Crippen molar-refractivity contribution in [3.63, 3.8) is 0 Å². The van der Waals surface area contributed by atoms with Crippen LogP contribution in [0.4, 0.5) is 23.7 Å². The maximum Gasteiger partial charge on any atom is 0.319 e. The van der Waals surface area contributed by atoms with Crippen LogP contribution in [-0.2, 0) is 4.74 Å². The monoisotopic (exact) mass is 324 g/mol. The van der Waals surface area contributed by atoms with Crippen LogP contribution < -0.4 is 10.6 Å². The number of rotatable bonds is 5. The van der Waals surface area contributed by atoms with E-state index >= 15 is 0 Å². The van der Waals surface area contributed by atoms with Crippen LogP contribution in [0.5, 0.6) is 0 Å². The molecule has 2 amide bonds. The Kier molecular flexibility index (Phi) is 5.59. The molecule has 2 aromatic rings. The summed E-state index contributed by atoms with van der Waals surface area (Å²) in [6.45, 7) is 0.00184. The highest BCUT2D eigenvalue weighted by Gasteiger charge is 2.15. The second-order valence-corrected chi connectivity index (χ2v) is 4.71. The molecular formula is C16H15F3N2O2. The van der Waals surface area contributed by atoms with Crippen molar-refractivity contribution in [1.82, 2.24) is 5.32 Å². The van der Waals surface area contributed by atoms with Gasteiger partial charge < -0.3 is 15.4 Å². The highest BCUT2D eigenvalue weighted by Crippen LogP contribution is 2.19. The van der Waals surface area contributed by atoms with Crippen molar-refractivity contribution >= 4 is 11.7 Å². The van der Waals surface area contributed by atoms with Gasteiger partial charge in [-0.05, 0) is 29.8 Å². The SMILES string of the molecule is CO[C@@H](CNC(=O)Nc1c(F)cccc1F)c1cccc(F)c1. The molecule has 2 aromatic carbocycles. The van der Waals surface area contributed by atoms with Gasteiger partial charge in [-0.15, -0.1) is 0 Å². The van der Waals surface area contributed by atoms with Gasteiger partial charge in [0.2, 0.25) is 0 Å². The predicted octanol–water partition coefficient (Wildman–Crippen LogP) is 3.61. The number of amides is 2. The van der Waals surface area contributed by atoms with Gasteiger partial charge in [0.05, 0.1) is 6.10 Å². The number of methoxy groups -OCH3 is 1. The van der Waals surface area contributed by atoms with Crippen molar-refractivity contribution in [3.8, 4) is 0 Å². The van der Waals surface area contributed by atoms with E-state index in [1.807, 2.05) is 0 Å². The first-order chi connectivity index (χ1) is 11.0. The molecule has 0 aliphatic rings. The maximum atomic E-state index is 13.4. The van der Waals surface area contributed by atoms with Gasteiger partial charge in [-0.1, -0.05) is 18.2 Å². The van der Waals surface area contributed by atoms with E-state index in [1.54, 1.807) is 6.07 Å². The van der Waals surface area contributed by atoms with E-state index in [0.29, 0.717) is 5.56 Å². The molecule has 0 saturated heterocycles. The molecule has 0 aliphatic carbocycles. The van der Waals surface area contributed by atoms with Gasteiger partial charge >= 0.3 is 6.03 Å².